The minimum absolute atomic E-state index is 0.414. The molecule has 0 amide bonds. The van der Waals surface area contributed by atoms with Crippen molar-refractivity contribution >= 4 is 28.8 Å². The number of rotatable bonds is 5. The van der Waals surface area contributed by atoms with Crippen LogP contribution in [0, 0.1) is 0 Å². The second kappa shape index (κ2) is 8.22. The van der Waals surface area contributed by atoms with Gasteiger partial charge in [0, 0.05) is 16.0 Å². The molecular weight excluding hydrogens is 430 g/mol. The zero-order valence-corrected chi connectivity index (χ0v) is 17.7. The Balaban J connectivity index is 1.40. The minimum Gasteiger partial charge on any atom is -0.457 e. The molecule has 0 atom stereocenters. The van der Waals surface area contributed by atoms with E-state index in [9.17, 15) is 0 Å². The van der Waals surface area contributed by atoms with E-state index in [1.807, 2.05) is 84.2 Å². The third-order valence-electron chi connectivity index (χ3n) is 4.62. The number of anilines is 1. The maximum Gasteiger partial charge on any atom is 0.165 e. The summed E-state index contributed by atoms with van der Waals surface area (Å²) in [5.74, 6) is 1.91. The molecule has 0 unspecified atom stereocenters. The second-order valence-corrected chi connectivity index (χ2v) is 7.93. The molecule has 6 nitrogen and oxygen atoms in total. The van der Waals surface area contributed by atoms with Gasteiger partial charge in [0.2, 0.25) is 0 Å². The predicted octanol–water partition coefficient (Wildman–Crippen LogP) is 6.09. The van der Waals surface area contributed by atoms with Crippen molar-refractivity contribution in [1.29, 1.82) is 0 Å². The van der Waals surface area contributed by atoms with Gasteiger partial charge in [0.1, 0.15) is 16.5 Å². The molecule has 2 N–H and O–H groups in total. The standard InChI is InChI=1S/C23H16ClN5OS/c24-19-9-5-4-8-18(19)20-14-31-23(26-20)21-22(25)29(28-27-21)15-10-12-17(13-11-15)30-16-6-2-1-3-7-16/h1-14H,25H2. The number of halogens is 1. The van der Waals surface area contributed by atoms with Crippen LogP contribution in [-0.4, -0.2) is 20.0 Å². The summed E-state index contributed by atoms with van der Waals surface area (Å²) in [5, 5.41) is 11.7. The number of ether oxygens (including phenoxy) is 1. The zero-order valence-electron chi connectivity index (χ0n) is 16.1. The summed E-state index contributed by atoms with van der Waals surface area (Å²) in [6.07, 6.45) is 0. The van der Waals surface area contributed by atoms with Crippen molar-refractivity contribution in [3.05, 3.63) is 89.3 Å². The van der Waals surface area contributed by atoms with Crippen molar-refractivity contribution in [2.75, 3.05) is 5.73 Å². The van der Waals surface area contributed by atoms with Crippen molar-refractivity contribution in [3.8, 4) is 39.1 Å². The van der Waals surface area contributed by atoms with Gasteiger partial charge in [0.15, 0.2) is 11.5 Å². The molecule has 2 heterocycles. The highest BCUT2D eigenvalue weighted by atomic mass is 35.5. The number of thiazole rings is 1. The zero-order chi connectivity index (χ0) is 21.2. The lowest BCUT2D eigenvalue weighted by atomic mass is 10.2. The van der Waals surface area contributed by atoms with Crippen LogP contribution in [0.15, 0.2) is 84.2 Å². The van der Waals surface area contributed by atoms with Crippen molar-refractivity contribution in [1.82, 2.24) is 20.0 Å². The first-order chi connectivity index (χ1) is 15.2. The number of hydrogen-bond donors (Lipinski definition) is 1. The molecule has 3 aromatic carbocycles. The van der Waals surface area contributed by atoms with E-state index in [2.05, 4.69) is 15.3 Å². The molecule has 0 saturated carbocycles. The van der Waals surface area contributed by atoms with Gasteiger partial charge >= 0.3 is 0 Å². The normalized spacial score (nSPS) is 10.9. The first kappa shape index (κ1) is 19.3. The Kier molecular flexibility index (Phi) is 5.11. The molecule has 5 rings (SSSR count). The van der Waals surface area contributed by atoms with Crippen LogP contribution in [0.5, 0.6) is 11.5 Å². The molecule has 0 aliphatic rings. The molecule has 8 heteroatoms. The van der Waals surface area contributed by atoms with Gasteiger partial charge in [-0.15, -0.1) is 16.4 Å². The molecule has 0 aliphatic heterocycles. The van der Waals surface area contributed by atoms with Gasteiger partial charge in [-0.3, -0.25) is 0 Å². The average Bonchev–Trinajstić information content (AvgIpc) is 3.42. The molecule has 5 aromatic rings. The van der Waals surface area contributed by atoms with Crippen LogP contribution in [0.1, 0.15) is 0 Å². The average molecular weight is 446 g/mol. The highest BCUT2D eigenvalue weighted by Gasteiger charge is 2.17. The second-order valence-electron chi connectivity index (χ2n) is 6.66. The highest BCUT2D eigenvalue weighted by Crippen LogP contribution is 2.34. The number of hydrogen-bond acceptors (Lipinski definition) is 6. The summed E-state index contributed by atoms with van der Waals surface area (Å²) in [7, 11) is 0. The molecular formula is C23H16ClN5OS. The molecule has 2 aromatic heterocycles. The van der Waals surface area contributed by atoms with E-state index in [0.29, 0.717) is 21.5 Å². The number of para-hydroxylation sites is 1. The summed E-state index contributed by atoms with van der Waals surface area (Å²) in [5.41, 5.74) is 9.31. The van der Waals surface area contributed by atoms with Crippen LogP contribution in [0.25, 0.3) is 27.6 Å². The van der Waals surface area contributed by atoms with E-state index in [4.69, 9.17) is 22.1 Å². The third kappa shape index (κ3) is 3.88. The lowest BCUT2D eigenvalue weighted by molar-refractivity contribution is 0.482. The van der Waals surface area contributed by atoms with Crippen molar-refractivity contribution in [2.24, 2.45) is 0 Å². The van der Waals surface area contributed by atoms with E-state index in [1.54, 1.807) is 4.68 Å². The molecule has 0 saturated heterocycles. The van der Waals surface area contributed by atoms with Crippen LogP contribution in [-0.2, 0) is 0 Å². The van der Waals surface area contributed by atoms with Gasteiger partial charge in [-0.1, -0.05) is 53.2 Å². The van der Waals surface area contributed by atoms with Gasteiger partial charge in [-0.2, -0.15) is 4.68 Å². The Morgan fingerprint density at radius 2 is 1.58 bits per heavy atom. The van der Waals surface area contributed by atoms with Gasteiger partial charge < -0.3 is 10.5 Å². The Bertz CT molecular complexity index is 1330. The Morgan fingerprint density at radius 3 is 2.35 bits per heavy atom. The number of benzene rings is 3. The predicted molar refractivity (Wildman–Crippen MR) is 124 cm³/mol. The van der Waals surface area contributed by atoms with Gasteiger partial charge in [0.25, 0.3) is 0 Å². The van der Waals surface area contributed by atoms with Crippen molar-refractivity contribution < 1.29 is 4.74 Å². The van der Waals surface area contributed by atoms with E-state index < -0.39 is 0 Å². The van der Waals surface area contributed by atoms with E-state index in [0.717, 1.165) is 28.4 Å². The monoisotopic (exact) mass is 445 g/mol. The lowest BCUT2D eigenvalue weighted by Crippen LogP contribution is -2.02. The number of nitrogen functional groups attached to an aromatic ring is 1. The summed E-state index contributed by atoms with van der Waals surface area (Å²) < 4.78 is 7.41. The molecule has 0 spiro atoms. The van der Waals surface area contributed by atoms with Crippen LogP contribution in [0.3, 0.4) is 0 Å². The van der Waals surface area contributed by atoms with Crippen molar-refractivity contribution in [2.45, 2.75) is 0 Å². The first-order valence-corrected chi connectivity index (χ1v) is 10.7. The Morgan fingerprint density at radius 1 is 0.871 bits per heavy atom. The first-order valence-electron chi connectivity index (χ1n) is 9.44. The van der Waals surface area contributed by atoms with Gasteiger partial charge in [0.05, 0.1) is 11.4 Å². The molecule has 0 radical (unpaired) electrons. The van der Waals surface area contributed by atoms with Gasteiger partial charge in [-0.05, 0) is 42.5 Å². The number of aromatic nitrogens is 4. The highest BCUT2D eigenvalue weighted by molar-refractivity contribution is 7.13. The van der Waals surface area contributed by atoms with Gasteiger partial charge in [-0.25, -0.2) is 4.98 Å². The Labute approximate surface area is 187 Å². The molecule has 152 valence electrons. The SMILES string of the molecule is Nc1c(-c2nc(-c3ccccc3Cl)cs2)nnn1-c1ccc(Oc2ccccc2)cc1. The Hall–Kier alpha value is -3.68. The van der Waals surface area contributed by atoms with E-state index in [1.165, 1.54) is 11.3 Å². The molecule has 0 fully saturated rings. The third-order valence-corrected chi connectivity index (χ3v) is 5.80. The maximum atomic E-state index is 6.35. The molecule has 0 aliphatic carbocycles. The van der Waals surface area contributed by atoms with Crippen molar-refractivity contribution in [3.63, 3.8) is 0 Å². The number of nitrogens with two attached hydrogens (primary N) is 1. The van der Waals surface area contributed by atoms with E-state index in [-0.39, 0.29) is 0 Å². The fourth-order valence-corrected chi connectivity index (χ4v) is 4.13. The quantitative estimate of drug-likeness (QED) is 0.354. The minimum atomic E-state index is 0.414. The summed E-state index contributed by atoms with van der Waals surface area (Å²) >= 11 is 7.74. The van der Waals surface area contributed by atoms with E-state index >= 15 is 0 Å². The maximum absolute atomic E-state index is 6.35. The van der Waals surface area contributed by atoms with Crippen LogP contribution in [0.4, 0.5) is 5.82 Å². The lowest BCUT2D eigenvalue weighted by Gasteiger charge is -2.07. The van der Waals surface area contributed by atoms with Crippen LogP contribution < -0.4 is 10.5 Å². The fraction of sp³-hybridized carbons (Fsp3) is 0. The largest absolute Gasteiger partial charge is 0.457 e. The molecule has 31 heavy (non-hydrogen) atoms. The topological polar surface area (TPSA) is 78.9 Å². The summed E-state index contributed by atoms with van der Waals surface area (Å²) in [6.45, 7) is 0. The molecule has 0 bridgehead atoms. The summed E-state index contributed by atoms with van der Waals surface area (Å²) in [6, 6.07) is 24.7. The van der Waals surface area contributed by atoms with Crippen LogP contribution >= 0.6 is 22.9 Å². The smallest absolute Gasteiger partial charge is 0.165 e. The fourth-order valence-electron chi connectivity index (χ4n) is 3.09. The van der Waals surface area contributed by atoms with Crippen LogP contribution in [0.2, 0.25) is 5.02 Å². The summed E-state index contributed by atoms with van der Waals surface area (Å²) in [4.78, 5) is 4.66. The number of nitrogens with zero attached hydrogens (tertiary/aromatic N) is 4.